The molecule has 0 saturated carbocycles. The van der Waals surface area contributed by atoms with Crippen molar-refractivity contribution in [2.24, 2.45) is 0 Å². The molecular weight excluding hydrogens is 300 g/mol. The maximum Gasteiger partial charge on any atom is 0.250 e. The van der Waals surface area contributed by atoms with Crippen molar-refractivity contribution in [2.75, 3.05) is 5.32 Å². The summed E-state index contributed by atoms with van der Waals surface area (Å²) >= 11 is 1.33. The van der Waals surface area contributed by atoms with Gasteiger partial charge in [0.05, 0.1) is 5.69 Å². The Hall–Kier alpha value is -2.80. The van der Waals surface area contributed by atoms with Crippen molar-refractivity contribution < 1.29 is 4.79 Å². The average molecular weight is 312 g/mol. The third kappa shape index (κ3) is 3.26. The Kier molecular flexibility index (Phi) is 4.06. The van der Waals surface area contributed by atoms with Crippen molar-refractivity contribution in [1.82, 2.24) is 14.5 Å². The van der Waals surface area contributed by atoms with E-state index >= 15 is 0 Å². The van der Waals surface area contributed by atoms with Crippen LogP contribution in [-0.4, -0.2) is 20.4 Å². The maximum atomic E-state index is 12.0. The van der Waals surface area contributed by atoms with E-state index in [1.807, 2.05) is 17.5 Å². The molecule has 1 N–H and O–H groups in total. The molecule has 1 amide bonds. The summed E-state index contributed by atoms with van der Waals surface area (Å²) in [6.07, 6.45) is 4.98. The molecule has 0 atom stereocenters. The molecule has 7 heteroatoms. The van der Waals surface area contributed by atoms with Crippen LogP contribution in [0.4, 0.5) is 5.13 Å². The summed E-state index contributed by atoms with van der Waals surface area (Å²) in [5, 5.41) is 5.04. The Morgan fingerprint density at radius 2 is 2.18 bits per heavy atom. The molecule has 6 nitrogen and oxygen atoms in total. The molecular formula is C15H12N4O2S. The first-order valence-electron chi connectivity index (χ1n) is 6.53. The van der Waals surface area contributed by atoms with Crippen LogP contribution in [0.3, 0.4) is 0 Å². The third-order valence-corrected chi connectivity index (χ3v) is 3.68. The van der Waals surface area contributed by atoms with Crippen LogP contribution in [0.5, 0.6) is 0 Å². The van der Waals surface area contributed by atoms with E-state index in [4.69, 9.17) is 0 Å². The molecule has 22 heavy (non-hydrogen) atoms. The van der Waals surface area contributed by atoms with Crippen LogP contribution in [0.15, 0.2) is 59.1 Å². The highest BCUT2D eigenvalue weighted by Crippen LogP contribution is 2.23. The molecule has 0 spiro atoms. The van der Waals surface area contributed by atoms with Gasteiger partial charge < -0.3 is 9.88 Å². The molecule has 110 valence electrons. The van der Waals surface area contributed by atoms with Gasteiger partial charge in [-0.15, -0.1) is 11.3 Å². The van der Waals surface area contributed by atoms with Crippen molar-refractivity contribution in [3.05, 3.63) is 64.7 Å². The molecule has 0 saturated heterocycles. The lowest BCUT2D eigenvalue weighted by Crippen LogP contribution is -2.26. The summed E-state index contributed by atoms with van der Waals surface area (Å²) in [6, 6.07) is 8.49. The second-order valence-corrected chi connectivity index (χ2v) is 5.35. The Balaban J connectivity index is 1.69. The predicted molar refractivity (Wildman–Crippen MR) is 84.7 cm³/mol. The van der Waals surface area contributed by atoms with Gasteiger partial charge in [0, 0.05) is 35.6 Å². The van der Waals surface area contributed by atoms with E-state index in [0.717, 1.165) is 11.3 Å². The zero-order valence-corrected chi connectivity index (χ0v) is 12.3. The molecule has 0 radical (unpaired) electrons. The van der Waals surface area contributed by atoms with E-state index in [2.05, 4.69) is 15.3 Å². The first-order valence-corrected chi connectivity index (χ1v) is 7.41. The van der Waals surface area contributed by atoms with E-state index in [0.29, 0.717) is 5.13 Å². The van der Waals surface area contributed by atoms with Crippen LogP contribution >= 0.6 is 11.3 Å². The fraction of sp³-hybridized carbons (Fsp3) is 0.0667. The lowest BCUT2D eigenvalue weighted by Gasteiger charge is -2.04. The van der Waals surface area contributed by atoms with Gasteiger partial charge in [-0.25, -0.2) is 4.98 Å². The van der Waals surface area contributed by atoms with E-state index in [1.165, 1.54) is 22.0 Å². The topological polar surface area (TPSA) is 76.9 Å². The van der Waals surface area contributed by atoms with Gasteiger partial charge in [0.25, 0.3) is 5.56 Å². The standard InChI is InChI=1S/C15H12N4O2S/c20-13(9-19-7-2-1-5-14(19)21)18-15-17-12(10-22-15)11-4-3-6-16-8-11/h1-8,10H,9H2,(H,17,18,20). The molecule has 0 aliphatic carbocycles. The van der Waals surface area contributed by atoms with Crippen molar-refractivity contribution in [3.63, 3.8) is 0 Å². The number of aromatic nitrogens is 3. The van der Waals surface area contributed by atoms with Crippen LogP contribution in [0.2, 0.25) is 0 Å². The fourth-order valence-electron chi connectivity index (χ4n) is 1.88. The Bertz CT molecular complexity index is 842. The van der Waals surface area contributed by atoms with E-state index in [-0.39, 0.29) is 18.0 Å². The fourth-order valence-corrected chi connectivity index (χ4v) is 2.62. The van der Waals surface area contributed by atoms with Crippen LogP contribution in [0.1, 0.15) is 0 Å². The summed E-state index contributed by atoms with van der Waals surface area (Å²) in [4.78, 5) is 31.9. The quantitative estimate of drug-likeness (QED) is 0.799. The first-order chi connectivity index (χ1) is 10.7. The number of carbonyl (C=O) groups is 1. The number of hydrogen-bond acceptors (Lipinski definition) is 5. The van der Waals surface area contributed by atoms with Gasteiger partial charge in [0.1, 0.15) is 6.54 Å². The van der Waals surface area contributed by atoms with Crippen molar-refractivity contribution in [3.8, 4) is 11.3 Å². The van der Waals surface area contributed by atoms with Gasteiger partial charge in [-0.1, -0.05) is 6.07 Å². The summed E-state index contributed by atoms with van der Waals surface area (Å²) in [7, 11) is 0. The molecule has 0 aliphatic rings. The predicted octanol–water partition coefficient (Wildman–Crippen LogP) is 2.01. The minimum absolute atomic E-state index is 0.0402. The largest absolute Gasteiger partial charge is 0.306 e. The van der Waals surface area contributed by atoms with Gasteiger partial charge in [-0.05, 0) is 18.2 Å². The number of rotatable bonds is 4. The number of nitrogens with one attached hydrogen (secondary N) is 1. The lowest BCUT2D eigenvalue weighted by molar-refractivity contribution is -0.116. The molecule has 3 heterocycles. The molecule has 0 bridgehead atoms. The monoisotopic (exact) mass is 312 g/mol. The average Bonchev–Trinajstić information content (AvgIpc) is 2.99. The SMILES string of the molecule is O=C(Cn1ccccc1=O)Nc1nc(-c2cccnc2)cs1. The van der Waals surface area contributed by atoms with E-state index in [9.17, 15) is 9.59 Å². The number of nitrogens with zero attached hydrogens (tertiary/aromatic N) is 3. The highest BCUT2D eigenvalue weighted by atomic mass is 32.1. The number of amides is 1. The smallest absolute Gasteiger partial charge is 0.250 e. The Labute approximate surface area is 130 Å². The number of thiazole rings is 1. The summed E-state index contributed by atoms with van der Waals surface area (Å²) in [5.41, 5.74) is 1.43. The number of anilines is 1. The number of carbonyl (C=O) groups excluding carboxylic acids is 1. The second-order valence-electron chi connectivity index (χ2n) is 4.49. The molecule has 3 rings (SSSR count). The highest BCUT2D eigenvalue weighted by molar-refractivity contribution is 7.14. The van der Waals surface area contributed by atoms with Crippen LogP contribution in [0.25, 0.3) is 11.3 Å². The Morgan fingerprint density at radius 1 is 1.27 bits per heavy atom. The lowest BCUT2D eigenvalue weighted by atomic mass is 10.2. The van der Waals surface area contributed by atoms with Gasteiger partial charge >= 0.3 is 0 Å². The van der Waals surface area contributed by atoms with Crippen LogP contribution in [-0.2, 0) is 11.3 Å². The van der Waals surface area contributed by atoms with Crippen molar-refractivity contribution >= 4 is 22.4 Å². The van der Waals surface area contributed by atoms with E-state index in [1.54, 1.807) is 30.7 Å². The maximum absolute atomic E-state index is 12.0. The molecule has 0 fully saturated rings. The highest BCUT2D eigenvalue weighted by Gasteiger charge is 2.09. The van der Waals surface area contributed by atoms with Crippen LogP contribution in [0, 0.1) is 0 Å². The first kappa shape index (κ1) is 14.2. The van der Waals surface area contributed by atoms with Crippen LogP contribution < -0.4 is 10.9 Å². The summed E-state index contributed by atoms with van der Waals surface area (Å²) in [6.45, 7) is -0.0402. The summed E-state index contributed by atoms with van der Waals surface area (Å²) in [5.74, 6) is -0.291. The molecule has 3 aromatic rings. The zero-order chi connectivity index (χ0) is 15.4. The van der Waals surface area contributed by atoms with E-state index < -0.39 is 0 Å². The molecule has 0 aromatic carbocycles. The number of pyridine rings is 2. The minimum atomic E-state index is -0.291. The summed E-state index contributed by atoms with van der Waals surface area (Å²) < 4.78 is 1.34. The van der Waals surface area contributed by atoms with Gasteiger partial charge in [0.15, 0.2) is 5.13 Å². The second kappa shape index (κ2) is 6.31. The molecule has 3 aromatic heterocycles. The van der Waals surface area contributed by atoms with Gasteiger partial charge in [-0.2, -0.15) is 0 Å². The zero-order valence-electron chi connectivity index (χ0n) is 11.5. The van der Waals surface area contributed by atoms with Crippen molar-refractivity contribution in [1.29, 1.82) is 0 Å². The molecule has 0 unspecified atom stereocenters. The number of hydrogen-bond donors (Lipinski definition) is 1. The normalized spacial score (nSPS) is 10.4. The van der Waals surface area contributed by atoms with Crippen molar-refractivity contribution in [2.45, 2.75) is 6.54 Å². The van der Waals surface area contributed by atoms with Gasteiger partial charge in [-0.3, -0.25) is 14.6 Å². The minimum Gasteiger partial charge on any atom is -0.306 e. The molecule has 0 aliphatic heterocycles. The van der Waals surface area contributed by atoms with Gasteiger partial charge in [0.2, 0.25) is 5.91 Å². The Morgan fingerprint density at radius 3 is 2.95 bits per heavy atom. The third-order valence-electron chi connectivity index (χ3n) is 2.92.